The van der Waals surface area contributed by atoms with Crippen LogP contribution in [0.3, 0.4) is 0 Å². The molecule has 1 atom stereocenters. The predicted molar refractivity (Wildman–Crippen MR) is 144 cm³/mol. The summed E-state index contributed by atoms with van der Waals surface area (Å²) in [5.74, 6) is 0.371. The molecule has 0 saturated heterocycles. The van der Waals surface area contributed by atoms with E-state index in [1.165, 1.54) is 28.8 Å². The van der Waals surface area contributed by atoms with Crippen molar-refractivity contribution in [1.82, 2.24) is 34.6 Å². The number of methoxy groups -OCH3 is 1. The smallest absolute Gasteiger partial charge is 0.252 e. The summed E-state index contributed by atoms with van der Waals surface area (Å²) in [5, 5.41) is 17.2. The third kappa shape index (κ3) is 4.95. The molecule has 194 valence electrons. The number of halogens is 1. The molecule has 0 spiro atoms. The molecule has 3 heterocycles. The van der Waals surface area contributed by atoms with Crippen molar-refractivity contribution in [1.29, 1.82) is 0 Å². The molecule has 0 bridgehead atoms. The van der Waals surface area contributed by atoms with E-state index < -0.39 is 6.04 Å². The second-order valence-corrected chi connectivity index (χ2v) is 9.50. The number of aryl methyl sites for hydroxylation is 1. The van der Waals surface area contributed by atoms with Crippen molar-refractivity contribution in [2.75, 3.05) is 7.11 Å². The molecule has 0 amide bonds. The minimum atomic E-state index is -0.640. The second kappa shape index (κ2) is 10.6. The van der Waals surface area contributed by atoms with Gasteiger partial charge in [0.25, 0.3) is 5.56 Å². The number of fused-ring (bicyclic) bond motifs is 1. The average Bonchev–Trinajstić information content (AvgIpc) is 3.56. The normalized spacial score (nSPS) is 12.1. The average molecular weight is 532 g/mol. The maximum absolute atomic E-state index is 13.5. The molecule has 0 fully saturated rings. The lowest BCUT2D eigenvalue weighted by molar-refractivity contribution is -0.121. The Balaban J connectivity index is 1.53. The van der Waals surface area contributed by atoms with Gasteiger partial charge in [-0.05, 0) is 52.7 Å². The van der Waals surface area contributed by atoms with Crippen molar-refractivity contribution in [3.8, 4) is 22.6 Å². The maximum atomic E-state index is 13.5. The molecule has 5 aromatic rings. The first-order valence-electron chi connectivity index (χ1n) is 12.2. The number of hydrogen-bond acceptors (Lipinski definition) is 7. The number of rotatable bonds is 9. The van der Waals surface area contributed by atoms with Crippen LogP contribution in [-0.4, -0.2) is 47.4 Å². The highest BCUT2D eigenvalue weighted by Crippen LogP contribution is 2.35. The number of carbonyl (C=O) groups is 1. The largest absolute Gasteiger partial charge is 0.495 e. The van der Waals surface area contributed by atoms with Crippen molar-refractivity contribution in [2.45, 2.75) is 32.2 Å². The molecule has 0 saturated carbocycles. The molecule has 0 N–H and O–H groups in total. The molecule has 38 heavy (non-hydrogen) atoms. The summed E-state index contributed by atoms with van der Waals surface area (Å²) < 4.78 is 10.4. The van der Waals surface area contributed by atoms with Crippen molar-refractivity contribution in [3.63, 3.8) is 0 Å². The molecule has 3 aromatic heterocycles. The Bertz CT molecular complexity index is 1670. The summed E-state index contributed by atoms with van der Waals surface area (Å²) in [7, 11) is 3.38. The van der Waals surface area contributed by atoms with Crippen LogP contribution in [0.2, 0.25) is 5.02 Å². The van der Waals surface area contributed by atoms with Crippen LogP contribution in [0.4, 0.5) is 0 Å². The zero-order chi connectivity index (χ0) is 26.8. The highest BCUT2D eigenvalue weighted by Gasteiger charge is 2.24. The van der Waals surface area contributed by atoms with Gasteiger partial charge in [-0.3, -0.25) is 14.3 Å². The minimum absolute atomic E-state index is 0.0517. The number of hydrogen-bond donors (Lipinski definition) is 0. The Hall–Kier alpha value is -4.31. The van der Waals surface area contributed by atoms with Crippen LogP contribution in [0.15, 0.2) is 66.0 Å². The number of ether oxygens (including phenoxy) is 1. The van der Waals surface area contributed by atoms with Crippen LogP contribution in [0.1, 0.15) is 31.4 Å². The third-order valence-corrected chi connectivity index (χ3v) is 6.67. The Labute approximate surface area is 223 Å². The van der Waals surface area contributed by atoms with Crippen LogP contribution >= 0.6 is 11.6 Å². The van der Waals surface area contributed by atoms with E-state index in [1.807, 2.05) is 38.4 Å². The van der Waals surface area contributed by atoms with Crippen LogP contribution in [0, 0.1) is 0 Å². The quantitative estimate of drug-likeness (QED) is 0.280. The van der Waals surface area contributed by atoms with E-state index in [1.54, 1.807) is 29.1 Å². The lowest BCUT2D eigenvalue weighted by Crippen LogP contribution is -2.30. The van der Waals surface area contributed by atoms with E-state index in [4.69, 9.17) is 16.3 Å². The van der Waals surface area contributed by atoms with Gasteiger partial charge in [0.2, 0.25) is 0 Å². The van der Waals surface area contributed by atoms with E-state index in [9.17, 15) is 9.59 Å². The molecular weight excluding hydrogens is 506 g/mol. The Kier molecular flexibility index (Phi) is 7.06. The summed E-state index contributed by atoms with van der Waals surface area (Å²) in [5.41, 5.74) is 3.19. The van der Waals surface area contributed by atoms with Gasteiger partial charge in [-0.2, -0.15) is 9.78 Å². The number of benzene rings is 2. The number of aromatic nitrogens is 7. The number of Topliss-reactive ketones (excluding diaryl/α,β-unsaturated/α-hetero) is 1. The monoisotopic (exact) mass is 531 g/mol. The Morgan fingerprint density at radius 1 is 1.11 bits per heavy atom. The highest BCUT2D eigenvalue weighted by atomic mass is 35.5. The lowest BCUT2D eigenvalue weighted by Gasteiger charge is -2.21. The van der Waals surface area contributed by atoms with Gasteiger partial charge >= 0.3 is 0 Å². The van der Waals surface area contributed by atoms with Gasteiger partial charge in [0, 0.05) is 47.3 Å². The number of ketones is 1. The second-order valence-electron chi connectivity index (χ2n) is 9.06. The van der Waals surface area contributed by atoms with Gasteiger partial charge in [-0.1, -0.05) is 31.0 Å². The molecule has 5 rings (SSSR count). The molecule has 1 unspecified atom stereocenters. The van der Waals surface area contributed by atoms with Gasteiger partial charge in [-0.15, -0.1) is 5.10 Å². The standard InChI is InChI=1S/C27H26ClN7O3/c1-4-5-24(25(36)11-17-6-8-22-18(10-17)14-33(2)30-22)34-15-26(38-3)21(13-27(34)37)20-12-19(28)7-9-23(20)35-16-29-31-32-35/h6-10,12-16,24H,4-5,11H2,1-3H3. The molecule has 10 nitrogen and oxygen atoms in total. The lowest BCUT2D eigenvalue weighted by atomic mass is 9.98. The number of tetrazole rings is 1. The van der Waals surface area contributed by atoms with Crippen LogP contribution < -0.4 is 10.3 Å². The fourth-order valence-corrected chi connectivity index (χ4v) is 4.87. The molecule has 0 aliphatic heterocycles. The predicted octanol–water partition coefficient (Wildman–Crippen LogP) is 4.19. The summed E-state index contributed by atoms with van der Waals surface area (Å²) in [6.45, 7) is 1.99. The van der Waals surface area contributed by atoms with E-state index in [2.05, 4.69) is 20.6 Å². The van der Waals surface area contributed by atoms with Crippen molar-refractivity contribution < 1.29 is 9.53 Å². The van der Waals surface area contributed by atoms with E-state index in [0.717, 1.165) is 22.9 Å². The molecule has 2 aromatic carbocycles. The zero-order valence-corrected chi connectivity index (χ0v) is 22.0. The first kappa shape index (κ1) is 25.3. The number of carbonyl (C=O) groups excluding carboxylic acids is 1. The SMILES string of the molecule is CCCC(C(=O)Cc1ccc2nn(C)cc2c1)n1cc(OC)c(-c2cc(Cl)ccc2-n2cnnn2)cc1=O. The Morgan fingerprint density at radius 3 is 2.68 bits per heavy atom. The van der Waals surface area contributed by atoms with Crippen molar-refractivity contribution in [2.24, 2.45) is 7.05 Å². The van der Waals surface area contributed by atoms with E-state index in [0.29, 0.717) is 34.0 Å². The maximum Gasteiger partial charge on any atom is 0.252 e. The topological polar surface area (TPSA) is 110 Å². The van der Waals surface area contributed by atoms with Gasteiger partial charge in [0.05, 0.1) is 30.6 Å². The zero-order valence-electron chi connectivity index (χ0n) is 21.2. The van der Waals surface area contributed by atoms with Gasteiger partial charge < -0.3 is 9.30 Å². The van der Waals surface area contributed by atoms with Crippen molar-refractivity contribution >= 4 is 28.3 Å². The fourth-order valence-electron chi connectivity index (χ4n) is 4.70. The minimum Gasteiger partial charge on any atom is -0.495 e. The van der Waals surface area contributed by atoms with Crippen LogP contribution in [0.25, 0.3) is 27.7 Å². The molecule has 0 radical (unpaired) electrons. The van der Waals surface area contributed by atoms with E-state index in [-0.39, 0.29) is 17.8 Å². The summed E-state index contributed by atoms with van der Waals surface area (Å²) in [4.78, 5) is 27.0. The van der Waals surface area contributed by atoms with Crippen LogP contribution in [0.5, 0.6) is 5.75 Å². The van der Waals surface area contributed by atoms with Gasteiger partial charge in [0.1, 0.15) is 12.1 Å². The first-order chi connectivity index (χ1) is 18.4. The van der Waals surface area contributed by atoms with E-state index >= 15 is 0 Å². The molecule has 0 aliphatic rings. The van der Waals surface area contributed by atoms with Crippen LogP contribution in [-0.2, 0) is 18.3 Å². The van der Waals surface area contributed by atoms with Gasteiger partial charge in [0.15, 0.2) is 5.78 Å². The third-order valence-electron chi connectivity index (χ3n) is 6.44. The number of pyridine rings is 1. The highest BCUT2D eigenvalue weighted by molar-refractivity contribution is 6.31. The van der Waals surface area contributed by atoms with Gasteiger partial charge in [-0.25, -0.2) is 0 Å². The summed E-state index contributed by atoms with van der Waals surface area (Å²) in [6.07, 6.45) is 6.42. The summed E-state index contributed by atoms with van der Waals surface area (Å²) >= 11 is 6.31. The first-order valence-corrected chi connectivity index (χ1v) is 12.5. The Morgan fingerprint density at radius 2 is 1.95 bits per heavy atom. The summed E-state index contributed by atoms with van der Waals surface area (Å²) in [6, 6.07) is 11.8. The number of nitrogens with zero attached hydrogens (tertiary/aromatic N) is 7. The molecule has 11 heteroatoms. The fraction of sp³-hybridized carbons (Fsp3) is 0.259. The molecule has 0 aliphatic carbocycles. The molecular formula is C27H26ClN7O3. The van der Waals surface area contributed by atoms with Crippen molar-refractivity contribution in [3.05, 3.63) is 82.1 Å².